The molecule has 0 bridgehead atoms. The van der Waals surface area contributed by atoms with Gasteiger partial charge in [-0.15, -0.1) is 0 Å². The van der Waals surface area contributed by atoms with E-state index >= 15 is 0 Å². The highest BCUT2D eigenvalue weighted by atomic mass is 16.4. The number of benzene rings is 1. The predicted octanol–water partition coefficient (Wildman–Crippen LogP) is 3.17. The maximum Gasteiger partial charge on any atom is 0.341 e. The van der Waals surface area contributed by atoms with E-state index in [1.165, 1.54) is 24.6 Å². The summed E-state index contributed by atoms with van der Waals surface area (Å²) in [5, 5.41) is 9.08. The summed E-state index contributed by atoms with van der Waals surface area (Å²) >= 11 is 0. The summed E-state index contributed by atoms with van der Waals surface area (Å²) in [5.74, 6) is -1.20. The van der Waals surface area contributed by atoms with Crippen molar-refractivity contribution in [3.8, 4) is 11.3 Å². The molecule has 0 radical (unpaired) electrons. The van der Waals surface area contributed by atoms with Crippen molar-refractivity contribution in [2.45, 2.75) is 26.2 Å². The van der Waals surface area contributed by atoms with Crippen molar-refractivity contribution in [2.75, 3.05) is 32.2 Å². The Bertz CT molecular complexity index is 790. The molecule has 1 aliphatic heterocycles. The number of H-pyrrole nitrogens is 1. The van der Waals surface area contributed by atoms with Crippen LogP contribution >= 0.6 is 0 Å². The largest absolute Gasteiger partial charge is 0.477 e. The van der Waals surface area contributed by atoms with Gasteiger partial charge >= 0.3 is 5.97 Å². The third-order valence-corrected chi connectivity index (χ3v) is 4.36. The number of ether oxygens (including phenoxy) is 1. The highest BCUT2D eigenvalue weighted by Crippen LogP contribution is 2.26. The zero-order valence-corrected chi connectivity index (χ0v) is 15.5. The average molecular weight is 358 g/mol. The van der Waals surface area contributed by atoms with Gasteiger partial charge in [0.1, 0.15) is 5.56 Å². The number of carboxylic acid groups (broad SMARTS) is 1. The number of nitrogens with zero attached hydrogens (tertiary/aromatic N) is 1. The Morgan fingerprint density at radius 1 is 1.19 bits per heavy atom. The minimum absolute atomic E-state index is 0.209. The molecule has 140 valence electrons. The fourth-order valence-electron chi connectivity index (χ4n) is 3.08. The molecule has 1 saturated heterocycles. The summed E-state index contributed by atoms with van der Waals surface area (Å²) < 4.78 is 4.25. The van der Waals surface area contributed by atoms with Crippen molar-refractivity contribution in [1.29, 1.82) is 0 Å². The van der Waals surface area contributed by atoms with Crippen LogP contribution in [-0.2, 0) is 11.2 Å². The number of aryl methyl sites for hydroxylation is 1. The summed E-state index contributed by atoms with van der Waals surface area (Å²) in [4.78, 5) is 28.1. The first-order valence-electron chi connectivity index (χ1n) is 8.76. The molecule has 2 heterocycles. The van der Waals surface area contributed by atoms with Crippen molar-refractivity contribution in [2.24, 2.45) is 0 Å². The van der Waals surface area contributed by atoms with Crippen LogP contribution in [0, 0.1) is 0 Å². The quantitative estimate of drug-likeness (QED) is 0.877. The summed E-state index contributed by atoms with van der Waals surface area (Å²) in [5.41, 5.74) is 2.85. The van der Waals surface area contributed by atoms with Gasteiger partial charge in [0.2, 0.25) is 0 Å². The number of aromatic carboxylic acids is 1. The Kier molecular flexibility index (Phi) is 6.97. The molecule has 0 atom stereocenters. The van der Waals surface area contributed by atoms with Crippen LogP contribution in [0.1, 0.15) is 35.7 Å². The molecule has 2 N–H and O–H groups in total. The van der Waals surface area contributed by atoms with Crippen molar-refractivity contribution >= 4 is 11.7 Å². The smallest absolute Gasteiger partial charge is 0.341 e. The van der Waals surface area contributed by atoms with E-state index in [9.17, 15) is 9.59 Å². The molecule has 0 amide bonds. The highest BCUT2D eigenvalue weighted by molar-refractivity contribution is 5.88. The first kappa shape index (κ1) is 19.7. The standard InChI is InChI=1S/C18H20N2O3.C2H6O/c1-2-12-11-15(18(22)23)17(21)19-16(12)13-5-7-14(8-6-13)20-9-3-4-10-20;1-3-2/h5-8,11H,2-4,9-10H2,1H3,(H,19,21)(H,22,23);1-2H3. The Balaban J connectivity index is 0.000000758. The molecule has 1 aliphatic rings. The van der Waals surface area contributed by atoms with Crippen molar-refractivity contribution < 1.29 is 14.6 Å². The van der Waals surface area contributed by atoms with Crippen LogP contribution in [-0.4, -0.2) is 43.4 Å². The minimum Gasteiger partial charge on any atom is -0.477 e. The molecule has 1 aromatic carbocycles. The maximum atomic E-state index is 12.0. The van der Waals surface area contributed by atoms with Crippen LogP contribution < -0.4 is 10.5 Å². The molecule has 6 nitrogen and oxygen atoms in total. The number of anilines is 1. The van der Waals surface area contributed by atoms with E-state index in [2.05, 4.69) is 26.8 Å². The number of pyridine rings is 1. The van der Waals surface area contributed by atoms with Crippen LogP contribution in [0.3, 0.4) is 0 Å². The Morgan fingerprint density at radius 3 is 2.27 bits per heavy atom. The number of hydrogen-bond acceptors (Lipinski definition) is 4. The predicted molar refractivity (Wildman–Crippen MR) is 103 cm³/mol. The fraction of sp³-hybridized carbons (Fsp3) is 0.400. The highest BCUT2D eigenvalue weighted by Gasteiger charge is 2.15. The maximum absolute atomic E-state index is 12.0. The molecular formula is C20H26N2O4. The number of carboxylic acids is 1. The van der Waals surface area contributed by atoms with Gasteiger partial charge < -0.3 is 19.7 Å². The number of carbonyl (C=O) groups is 1. The molecule has 3 rings (SSSR count). The first-order chi connectivity index (χ1) is 12.5. The van der Waals surface area contributed by atoms with E-state index in [4.69, 9.17) is 5.11 Å². The van der Waals surface area contributed by atoms with E-state index in [1.807, 2.05) is 19.1 Å². The molecule has 0 saturated carbocycles. The molecule has 0 spiro atoms. The topological polar surface area (TPSA) is 82.6 Å². The normalized spacial score (nSPS) is 13.3. The lowest BCUT2D eigenvalue weighted by Gasteiger charge is -2.18. The second-order valence-electron chi connectivity index (χ2n) is 6.22. The van der Waals surface area contributed by atoms with Crippen LogP contribution in [0.2, 0.25) is 0 Å². The second-order valence-corrected chi connectivity index (χ2v) is 6.22. The van der Waals surface area contributed by atoms with E-state index in [1.54, 1.807) is 14.2 Å². The third kappa shape index (κ3) is 4.52. The number of hydrogen-bond donors (Lipinski definition) is 2. The van der Waals surface area contributed by atoms with E-state index < -0.39 is 11.5 Å². The minimum atomic E-state index is -1.20. The Labute approximate surface area is 153 Å². The summed E-state index contributed by atoms with van der Waals surface area (Å²) in [6.07, 6.45) is 3.11. The SMILES string of the molecule is CCc1cc(C(=O)O)c(=O)[nH]c1-c1ccc(N2CCCC2)cc1.COC. The van der Waals surface area contributed by atoms with Crippen LogP contribution in [0.15, 0.2) is 35.1 Å². The van der Waals surface area contributed by atoms with Gasteiger partial charge in [0, 0.05) is 33.0 Å². The van der Waals surface area contributed by atoms with E-state index in [0.29, 0.717) is 12.1 Å². The van der Waals surface area contributed by atoms with Gasteiger partial charge in [0.05, 0.1) is 5.69 Å². The monoisotopic (exact) mass is 358 g/mol. The number of rotatable bonds is 4. The van der Waals surface area contributed by atoms with Gasteiger partial charge in [-0.25, -0.2) is 4.79 Å². The molecule has 0 unspecified atom stereocenters. The molecule has 6 heteroatoms. The molecule has 26 heavy (non-hydrogen) atoms. The van der Waals surface area contributed by atoms with Crippen molar-refractivity contribution in [3.05, 3.63) is 51.8 Å². The zero-order chi connectivity index (χ0) is 19.1. The Morgan fingerprint density at radius 2 is 1.77 bits per heavy atom. The van der Waals surface area contributed by atoms with Gasteiger partial charge in [0.15, 0.2) is 0 Å². The third-order valence-electron chi connectivity index (χ3n) is 4.36. The summed E-state index contributed by atoms with van der Waals surface area (Å²) in [7, 11) is 3.25. The number of methoxy groups -OCH3 is 1. The van der Waals surface area contributed by atoms with Gasteiger partial charge in [-0.3, -0.25) is 4.79 Å². The lowest BCUT2D eigenvalue weighted by atomic mass is 10.0. The average Bonchev–Trinajstić information content (AvgIpc) is 3.17. The second kappa shape index (κ2) is 9.20. The van der Waals surface area contributed by atoms with E-state index in [-0.39, 0.29) is 5.56 Å². The lowest BCUT2D eigenvalue weighted by Crippen LogP contribution is -2.19. The molecule has 0 aliphatic carbocycles. The molecule has 2 aromatic rings. The van der Waals surface area contributed by atoms with Crippen molar-refractivity contribution in [1.82, 2.24) is 4.98 Å². The van der Waals surface area contributed by atoms with Crippen LogP contribution in [0.4, 0.5) is 5.69 Å². The number of nitrogens with one attached hydrogen (secondary N) is 1. The van der Waals surface area contributed by atoms with Gasteiger partial charge in [-0.05, 0) is 48.6 Å². The zero-order valence-electron chi connectivity index (χ0n) is 15.5. The lowest BCUT2D eigenvalue weighted by molar-refractivity contribution is 0.0695. The summed E-state index contributed by atoms with van der Waals surface area (Å²) in [6.45, 7) is 4.12. The first-order valence-corrected chi connectivity index (χ1v) is 8.76. The van der Waals surface area contributed by atoms with Gasteiger partial charge in [-0.1, -0.05) is 19.1 Å². The molecule has 1 fully saturated rings. The number of aromatic nitrogens is 1. The Hall–Kier alpha value is -2.60. The molecular weight excluding hydrogens is 332 g/mol. The van der Waals surface area contributed by atoms with Crippen LogP contribution in [0.25, 0.3) is 11.3 Å². The van der Waals surface area contributed by atoms with Gasteiger partial charge in [0.25, 0.3) is 5.56 Å². The summed E-state index contributed by atoms with van der Waals surface area (Å²) in [6, 6.07) is 9.56. The molecule has 1 aromatic heterocycles. The fourth-order valence-corrected chi connectivity index (χ4v) is 3.08. The van der Waals surface area contributed by atoms with E-state index in [0.717, 1.165) is 24.2 Å². The van der Waals surface area contributed by atoms with Crippen LogP contribution in [0.5, 0.6) is 0 Å². The number of aromatic amines is 1. The van der Waals surface area contributed by atoms with Gasteiger partial charge in [-0.2, -0.15) is 0 Å². The van der Waals surface area contributed by atoms with Crippen molar-refractivity contribution in [3.63, 3.8) is 0 Å².